The van der Waals surface area contributed by atoms with Crippen molar-refractivity contribution >= 4 is 17.4 Å². The lowest BCUT2D eigenvalue weighted by atomic mass is 9.94. The van der Waals surface area contributed by atoms with E-state index in [1.54, 1.807) is 6.92 Å². The number of halogens is 1. The van der Waals surface area contributed by atoms with Gasteiger partial charge in [0.05, 0.1) is 6.61 Å². The first-order chi connectivity index (χ1) is 8.95. The highest BCUT2D eigenvalue weighted by molar-refractivity contribution is 6.21. The summed E-state index contributed by atoms with van der Waals surface area (Å²) in [6, 6.07) is 1.44. The van der Waals surface area contributed by atoms with Gasteiger partial charge >= 0.3 is 5.69 Å². The number of nitrogens with two attached hydrogens (primary N) is 1. The van der Waals surface area contributed by atoms with Crippen molar-refractivity contribution in [3.8, 4) is 0 Å². The number of rotatable bonds is 3. The van der Waals surface area contributed by atoms with E-state index in [1.165, 1.54) is 12.3 Å². The molecule has 19 heavy (non-hydrogen) atoms. The molecule has 0 amide bonds. The highest BCUT2D eigenvalue weighted by Crippen LogP contribution is 2.41. The van der Waals surface area contributed by atoms with E-state index in [-0.39, 0.29) is 12.4 Å². The Balaban J connectivity index is 2.39. The van der Waals surface area contributed by atoms with Crippen molar-refractivity contribution in [1.82, 2.24) is 9.55 Å². The summed E-state index contributed by atoms with van der Waals surface area (Å²) >= 11 is 6.11. The van der Waals surface area contributed by atoms with E-state index in [0.29, 0.717) is 6.42 Å². The molecular formula is C11H16ClN3O4. The molecule has 0 bridgehead atoms. The van der Waals surface area contributed by atoms with Crippen molar-refractivity contribution in [3.05, 3.63) is 22.7 Å². The lowest BCUT2D eigenvalue weighted by Crippen LogP contribution is -2.44. The van der Waals surface area contributed by atoms with Gasteiger partial charge < -0.3 is 20.7 Å². The van der Waals surface area contributed by atoms with Crippen LogP contribution in [0.3, 0.4) is 0 Å². The fourth-order valence-electron chi connectivity index (χ4n) is 2.19. The zero-order valence-corrected chi connectivity index (χ0v) is 11.1. The molecule has 106 valence electrons. The number of nitrogen functional groups attached to an aromatic ring is 1. The average Bonchev–Trinajstić information content (AvgIpc) is 2.64. The maximum absolute atomic E-state index is 11.8. The fourth-order valence-corrected chi connectivity index (χ4v) is 2.59. The van der Waals surface area contributed by atoms with Gasteiger partial charge in [0.2, 0.25) is 0 Å². The summed E-state index contributed by atoms with van der Waals surface area (Å²) in [7, 11) is 0. The first-order valence-corrected chi connectivity index (χ1v) is 6.34. The van der Waals surface area contributed by atoms with Gasteiger partial charge in [-0.25, -0.2) is 4.79 Å². The van der Waals surface area contributed by atoms with E-state index < -0.39 is 29.0 Å². The molecule has 8 heteroatoms. The second-order valence-electron chi connectivity index (χ2n) is 4.52. The molecule has 7 nitrogen and oxygen atoms in total. The number of aliphatic hydroxyl groups is 2. The Hall–Kier alpha value is -1.15. The lowest BCUT2D eigenvalue weighted by molar-refractivity contribution is -0.130. The number of alkyl halides is 1. The van der Waals surface area contributed by atoms with Crippen molar-refractivity contribution in [3.63, 3.8) is 0 Å². The molecule has 0 saturated carbocycles. The van der Waals surface area contributed by atoms with Crippen LogP contribution in [0, 0.1) is 0 Å². The minimum Gasteiger partial charge on any atom is -0.393 e. The van der Waals surface area contributed by atoms with E-state index in [9.17, 15) is 15.0 Å². The molecule has 0 radical (unpaired) electrons. The van der Waals surface area contributed by atoms with Crippen molar-refractivity contribution in [1.29, 1.82) is 0 Å². The molecular weight excluding hydrogens is 274 g/mol. The van der Waals surface area contributed by atoms with E-state index in [2.05, 4.69) is 4.98 Å². The first kappa shape index (κ1) is 14.3. The van der Waals surface area contributed by atoms with E-state index in [0.717, 1.165) is 4.57 Å². The number of ether oxygens (including phenoxy) is 1. The second-order valence-corrected chi connectivity index (χ2v) is 5.02. The van der Waals surface area contributed by atoms with Gasteiger partial charge in [-0.05, 0) is 12.5 Å². The van der Waals surface area contributed by atoms with Crippen LogP contribution in [-0.2, 0) is 4.74 Å². The Bertz CT molecular complexity index is 517. The minimum atomic E-state index is -1.17. The Morgan fingerprint density at radius 2 is 2.37 bits per heavy atom. The molecule has 4 atom stereocenters. The predicted molar refractivity (Wildman–Crippen MR) is 68.8 cm³/mol. The van der Waals surface area contributed by atoms with Crippen LogP contribution >= 0.6 is 11.6 Å². The van der Waals surface area contributed by atoms with Crippen molar-refractivity contribution in [2.24, 2.45) is 0 Å². The predicted octanol–water partition coefficient (Wildman–Crippen LogP) is -0.536. The third kappa shape index (κ3) is 2.23. The molecule has 1 aromatic heterocycles. The number of anilines is 1. The molecule has 2 rings (SSSR count). The van der Waals surface area contributed by atoms with Gasteiger partial charge in [0, 0.05) is 6.20 Å². The maximum Gasteiger partial charge on any atom is 0.351 e. The normalized spacial score (nSPS) is 34.6. The maximum atomic E-state index is 11.8. The monoisotopic (exact) mass is 289 g/mol. The first-order valence-electron chi connectivity index (χ1n) is 5.90. The summed E-state index contributed by atoms with van der Waals surface area (Å²) in [5, 5.41) is 18.7. The van der Waals surface area contributed by atoms with Crippen molar-refractivity contribution < 1.29 is 14.9 Å². The topological polar surface area (TPSA) is 111 Å². The van der Waals surface area contributed by atoms with Gasteiger partial charge in [0.1, 0.15) is 22.9 Å². The standard InChI is InChI=1S/C11H16ClN3O4/c1-2-11(5-16)8(17)7(12)9(19-11)15-4-3-6(13)14-10(15)18/h3-4,7-9,16-17H,2,5H2,1H3,(H2,13,14,18)/t7-,8-,9+,11+/m0/s1. The van der Waals surface area contributed by atoms with Crippen LogP contribution in [0.2, 0.25) is 0 Å². The largest absolute Gasteiger partial charge is 0.393 e. The van der Waals surface area contributed by atoms with Crippen LogP contribution in [-0.4, -0.2) is 43.5 Å². The van der Waals surface area contributed by atoms with E-state index in [4.69, 9.17) is 22.1 Å². The van der Waals surface area contributed by atoms with Gasteiger partial charge in [-0.1, -0.05) is 6.92 Å². The minimum absolute atomic E-state index is 0.0924. The quantitative estimate of drug-likeness (QED) is 0.645. The number of aliphatic hydroxyl groups excluding tert-OH is 2. The number of nitrogens with zero attached hydrogens (tertiary/aromatic N) is 2. The zero-order valence-electron chi connectivity index (χ0n) is 10.4. The Labute approximate surface area is 114 Å². The Morgan fingerprint density at radius 1 is 1.68 bits per heavy atom. The average molecular weight is 290 g/mol. The molecule has 0 unspecified atom stereocenters. The molecule has 0 spiro atoms. The number of hydrogen-bond donors (Lipinski definition) is 3. The Morgan fingerprint density at radius 3 is 2.84 bits per heavy atom. The summed E-state index contributed by atoms with van der Waals surface area (Å²) < 4.78 is 6.79. The summed E-state index contributed by atoms with van der Waals surface area (Å²) in [6.45, 7) is 1.37. The van der Waals surface area contributed by atoms with Gasteiger partial charge in [0.25, 0.3) is 0 Å². The molecule has 0 aromatic carbocycles. The van der Waals surface area contributed by atoms with Gasteiger partial charge in [-0.3, -0.25) is 4.57 Å². The van der Waals surface area contributed by atoms with Gasteiger partial charge in [-0.2, -0.15) is 4.98 Å². The molecule has 1 aliphatic heterocycles. The van der Waals surface area contributed by atoms with Gasteiger partial charge in [-0.15, -0.1) is 11.6 Å². The summed E-state index contributed by atoms with van der Waals surface area (Å²) in [4.78, 5) is 15.3. The third-order valence-corrected chi connectivity index (χ3v) is 3.91. The van der Waals surface area contributed by atoms with Crippen molar-refractivity contribution in [2.45, 2.75) is 36.7 Å². The van der Waals surface area contributed by atoms with E-state index in [1.807, 2.05) is 0 Å². The molecule has 1 fully saturated rings. The van der Waals surface area contributed by atoms with Crippen LogP contribution in [0.4, 0.5) is 5.82 Å². The van der Waals surface area contributed by atoms with Crippen LogP contribution in [0.15, 0.2) is 17.1 Å². The molecule has 2 heterocycles. The van der Waals surface area contributed by atoms with Crippen LogP contribution < -0.4 is 11.4 Å². The zero-order chi connectivity index (χ0) is 14.2. The van der Waals surface area contributed by atoms with Crippen LogP contribution in [0.1, 0.15) is 19.6 Å². The highest BCUT2D eigenvalue weighted by atomic mass is 35.5. The van der Waals surface area contributed by atoms with Crippen molar-refractivity contribution in [2.75, 3.05) is 12.3 Å². The number of aromatic nitrogens is 2. The lowest BCUT2D eigenvalue weighted by Gasteiger charge is -2.28. The van der Waals surface area contributed by atoms with Gasteiger partial charge in [0.15, 0.2) is 6.23 Å². The Kier molecular flexibility index (Phi) is 3.82. The smallest absolute Gasteiger partial charge is 0.351 e. The molecule has 1 aromatic rings. The van der Waals surface area contributed by atoms with E-state index >= 15 is 0 Å². The summed E-state index contributed by atoms with van der Waals surface area (Å²) in [5.74, 6) is 0.0924. The SMILES string of the molecule is CC[C@]1(CO)O[C@@H](n2ccc(N)nc2=O)[C@@H](Cl)[C@@H]1O. The van der Waals surface area contributed by atoms with Crippen LogP contribution in [0.25, 0.3) is 0 Å². The van der Waals surface area contributed by atoms with Crippen LogP contribution in [0.5, 0.6) is 0 Å². The highest BCUT2D eigenvalue weighted by Gasteiger charge is 2.53. The second kappa shape index (κ2) is 5.09. The third-order valence-electron chi connectivity index (χ3n) is 3.46. The fraction of sp³-hybridized carbons (Fsp3) is 0.636. The number of hydrogen-bond acceptors (Lipinski definition) is 6. The molecule has 1 saturated heterocycles. The summed E-state index contributed by atoms with van der Waals surface area (Å²) in [5.41, 5.74) is 3.62. The summed E-state index contributed by atoms with van der Waals surface area (Å²) in [6.07, 6.45) is -0.217. The molecule has 1 aliphatic rings. The molecule has 4 N–H and O–H groups in total. The molecule has 0 aliphatic carbocycles.